The van der Waals surface area contributed by atoms with E-state index in [1.165, 1.54) is 0 Å². The van der Waals surface area contributed by atoms with Gasteiger partial charge in [0.05, 0.1) is 5.92 Å². The van der Waals surface area contributed by atoms with E-state index in [0.29, 0.717) is 12.0 Å². The molecule has 3 rings (SSSR count). The van der Waals surface area contributed by atoms with E-state index in [9.17, 15) is 9.59 Å². The number of carbonyl (C=O) groups is 2. The van der Waals surface area contributed by atoms with E-state index in [0.717, 1.165) is 5.56 Å². The smallest absolute Gasteiger partial charge is 0.247 e. The van der Waals surface area contributed by atoms with Crippen LogP contribution in [0.25, 0.3) is 0 Å². The highest BCUT2D eigenvalue weighted by atomic mass is 17.3. The molecule has 3 atom stereocenters. The maximum Gasteiger partial charge on any atom is 0.397 e. The zero-order valence-electron chi connectivity index (χ0n) is 14.6. The van der Waals surface area contributed by atoms with Crippen molar-refractivity contribution in [2.45, 2.75) is 37.9 Å². The van der Waals surface area contributed by atoms with E-state index in [4.69, 9.17) is 19.6 Å². The first kappa shape index (κ1) is 18.1. The van der Waals surface area contributed by atoms with E-state index in [1.807, 2.05) is 43.3 Å². The van der Waals surface area contributed by atoms with Crippen molar-refractivity contribution < 1.29 is 29.1 Å². The lowest BCUT2D eigenvalue weighted by atomic mass is 9.87. The Morgan fingerprint density at radius 3 is 2.15 bits per heavy atom. The molecule has 0 amide bonds. The van der Waals surface area contributed by atoms with Crippen LogP contribution in [0.5, 0.6) is 0 Å². The van der Waals surface area contributed by atoms with Crippen molar-refractivity contribution in [3.05, 3.63) is 71.8 Å². The van der Waals surface area contributed by atoms with Gasteiger partial charge in [-0.2, -0.15) is 0 Å². The number of hydrogen-bond acceptors (Lipinski definition) is 6. The SMILES string of the molecule is CCC(C(=O)OOC(=O)C1(c2ccccc2)OOC1C)c1ccccc1. The molecule has 6 heteroatoms. The van der Waals surface area contributed by atoms with Gasteiger partial charge in [0.1, 0.15) is 6.10 Å². The third kappa shape index (κ3) is 3.21. The van der Waals surface area contributed by atoms with Crippen LogP contribution in [-0.4, -0.2) is 18.0 Å². The van der Waals surface area contributed by atoms with Crippen molar-refractivity contribution in [2.24, 2.45) is 0 Å². The quantitative estimate of drug-likeness (QED) is 0.604. The lowest BCUT2D eigenvalue weighted by Gasteiger charge is -2.42. The van der Waals surface area contributed by atoms with E-state index in [-0.39, 0.29) is 0 Å². The predicted molar refractivity (Wildman–Crippen MR) is 91.4 cm³/mol. The molecule has 6 nitrogen and oxygen atoms in total. The minimum atomic E-state index is -1.45. The van der Waals surface area contributed by atoms with Gasteiger partial charge in [0.2, 0.25) is 0 Å². The monoisotopic (exact) mass is 356 g/mol. The Morgan fingerprint density at radius 2 is 1.65 bits per heavy atom. The maximum absolute atomic E-state index is 12.6. The fourth-order valence-corrected chi connectivity index (χ4v) is 2.95. The van der Waals surface area contributed by atoms with Gasteiger partial charge in [0.15, 0.2) is 0 Å². The summed E-state index contributed by atoms with van der Waals surface area (Å²) in [6.45, 7) is 3.54. The van der Waals surface area contributed by atoms with E-state index < -0.39 is 29.6 Å². The Bertz CT molecular complexity index is 760. The minimum absolute atomic E-state index is 0.514. The first-order chi connectivity index (χ1) is 12.6. The van der Waals surface area contributed by atoms with Crippen molar-refractivity contribution in [3.63, 3.8) is 0 Å². The van der Waals surface area contributed by atoms with Crippen LogP contribution in [0.1, 0.15) is 37.3 Å². The van der Waals surface area contributed by atoms with Crippen LogP contribution in [0.3, 0.4) is 0 Å². The Hall–Kier alpha value is -2.70. The summed E-state index contributed by atoms with van der Waals surface area (Å²) in [5, 5.41) is 0. The van der Waals surface area contributed by atoms with Gasteiger partial charge in [0.25, 0.3) is 5.60 Å². The Morgan fingerprint density at radius 1 is 1.04 bits per heavy atom. The van der Waals surface area contributed by atoms with Gasteiger partial charge in [-0.3, -0.25) is 0 Å². The fourth-order valence-electron chi connectivity index (χ4n) is 2.95. The molecule has 0 spiro atoms. The second-order valence-electron chi connectivity index (χ2n) is 6.07. The fraction of sp³-hybridized carbons (Fsp3) is 0.300. The van der Waals surface area contributed by atoms with Crippen molar-refractivity contribution >= 4 is 11.9 Å². The van der Waals surface area contributed by atoms with E-state index in [2.05, 4.69) is 0 Å². The average Bonchev–Trinajstić information content (AvgIpc) is 2.68. The van der Waals surface area contributed by atoms with Crippen LogP contribution in [0.2, 0.25) is 0 Å². The van der Waals surface area contributed by atoms with Gasteiger partial charge in [-0.15, -0.1) is 0 Å². The molecule has 0 bridgehead atoms. The lowest BCUT2D eigenvalue weighted by molar-refractivity contribution is -0.504. The molecule has 26 heavy (non-hydrogen) atoms. The van der Waals surface area contributed by atoms with Gasteiger partial charge in [0, 0.05) is 5.56 Å². The summed E-state index contributed by atoms with van der Waals surface area (Å²) in [4.78, 5) is 44.7. The number of rotatable bonds is 5. The molecule has 2 aromatic carbocycles. The zero-order valence-corrected chi connectivity index (χ0v) is 14.6. The van der Waals surface area contributed by atoms with Crippen LogP contribution >= 0.6 is 0 Å². The molecule has 1 aliphatic heterocycles. The largest absolute Gasteiger partial charge is 0.397 e. The Labute approximate surface area is 151 Å². The summed E-state index contributed by atoms with van der Waals surface area (Å²) in [6.07, 6.45) is -0.0625. The molecule has 0 radical (unpaired) electrons. The Balaban J connectivity index is 1.70. The second-order valence-corrected chi connectivity index (χ2v) is 6.07. The first-order valence-corrected chi connectivity index (χ1v) is 8.47. The number of hydrogen-bond donors (Lipinski definition) is 0. The average molecular weight is 356 g/mol. The van der Waals surface area contributed by atoms with Crippen LogP contribution in [0.15, 0.2) is 60.7 Å². The van der Waals surface area contributed by atoms with E-state index in [1.54, 1.807) is 31.2 Å². The number of carbonyl (C=O) groups excluding carboxylic acids is 2. The molecule has 136 valence electrons. The lowest BCUT2D eigenvalue weighted by Crippen LogP contribution is -2.58. The summed E-state index contributed by atoms with van der Waals surface area (Å²) in [7, 11) is 0. The first-order valence-electron chi connectivity index (χ1n) is 8.47. The van der Waals surface area contributed by atoms with Crippen molar-refractivity contribution in [3.8, 4) is 0 Å². The highest BCUT2D eigenvalue weighted by Gasteiger charge is 2.59. The molecule has 1 saturated heterocycles. The highest BCUT2D eigenvalue weighted by Crippen LogP contribution is 2.41. The third-order valence-corrected chi connectivity index (χ3v) is 4.50. The molecular weight excluding hydrogens is 336 g/mol. The molecule has 3 unspecified atom stereocenters. The predicted octanol–water partition coefficient (Wildman–Crippen LogP) is 3.43. The van der Waals surface area contributed by atoms with Crippen LogP contribution in [0.4, 0.5) is 0 Å². The second kappa shape index (κ2) is 7.68. The van der Waals surface area contributed by atoms with Crippen LogP contribution < -0.4 is 0 Å². The topological polar surface area (TPSA) is 71.1 Å². The standard InChI is InChI=1S/C20H20O6/c1-3-17(15-10-6-4-7-11-15)18(21)24-25-19(22)20(14(2)23-26-20)16-12-8-5-9-13-16/h4-14,17H,3H2,1-2H3. The third-order valence-electron chi connectivity index (χ3n) is 4.50. The van der Waals surface area contributed by atoms with Gasteiger partial charge in [-0.25, -0.2) is 29.1 Å². The molecule has 0 N–H and O–H groups in total. The van der Waals surface area contributed by atoms with Crippen LogP contribution in [-0.2, 0) is 34.7 Å². The van der Waals surface area contributed by atoms with Crippen molar-refractivity contribution in [1.82, 2.24) is 0 Å². The van der Waals surface area contributed by atoms with Crippen molar-refractivity contribution in [1.29, 1.82) is 0 Å². The summed E-state index contributed by atoms with van der Waals surface area (Å²) >= 11 is 0. The Kier molecular flexibility index (Phi) is 5.35. The normalized spacial score (nSPS) is 22.8. The summed E-state index contributed by atoms with van der Waals surface area (Å²) < 4.78 is 0. The molecule has 0 aromatic heterocycles. The minimum Gasteiger partial charge on any atom is -0.247 e. The molecule has 1 fully saturated rings. The molecule has 0 saturated carbocycles. The summed E-state index contributed by atoms with van der Waals surface area (Å²) in [6, 6.07) is 18.0. The van der Waals surface area contributed by atoms with Gasteiger partial charge < -0.3 is 0 Å². The molecule has 0 aliphatic carbocycles. The molecule has 1 aliphatic rings. The summed E-state index contributed by atoms with van der Waals surface area (Å²) in [5.41, 5.74) is -0.0870. The van der Waals surface area contributed by atoms with E-state index >= 15 is 0 Å². The maximum atomic E-state index is 12.6. The molecular formula is C20H20O6. The molecule has 1 heterocycles. The van der Waals surface area contributed by atoms with Gasteiger partial charge in [-0.1, -0.05) is 67.6 Å². The molecule has 2 aromatic rings. The van der Waals surface area contributed by atoms with Crippen molar-refractivity contribution in [2.75, 3.05) is 0 Å². The van der Waals surface area contributed by atoms with Gasteiger partial charge >= 0.3 is 11.9 Å². The zero-order chi connectivity index (χ0) is 18.6. The number of benzene rings is 2. The highest BCUT2D eigenvalue weighted by molar-refractivity contribution is 5.84. The van der Waals surface area contributed by atoms with Crippen LogP contribution in [0, 0.1) is 0 Å². The summed E-state index contributed by atoms with van der Waals surface area (Å²) in [5.74, 6) is -1.99. The van der Waals surface area contributed by atoms with Gasteiger partial charge in [-0.05, 0) is 18.9 Å².